The molecule has 0 radical (unpaired) electrons. The molecule has 0 aliphatic heterocycles. The van der Waals surface area contributed by atoms with Gasteiger partial charge in [0.15, 0.2) is 23.3 Å². The summed E-state index contributed by atoms with van der Waals surface area (Å²) in [6, 6.07) is 6.13. The van der Waals surface area contributed by atoms with Gasteiger partial charge >= 0.3 is 51.4 Å². The van der Waals surface area contributed by atoms with Gasteiger partial charge in [0.1, 0.15) is 43.5 Å². The van der Waals surface area contributed by atoms with Crippen molar-refractivity contribution in [3.8, 4) is 22.8 Å². The van der Waals surface area contributed by atoms with Crippen molar-refractivity contribution in [3.63, 3.8) is 0 Å². The van der Waals surface area contributed by atoms with Gasteiger partial charge in [0, 0.05) is 39.5 Å². The van der Waals surface area contributed by atoms with Gasteiger partial charge in [-0.25, -0.2) is 42.5 Å². The molecule has 2 saturated carbocycles. The molecular formula is C45H45F4KN17O5-. The number of carbonyl (C=O) groups excluding carboxylic acids is 2. The predicted molar refractivity (Wildman–Crippen MR) is 243 cm³/mol. The van der Waals surface area contributed by atoms with Gasteiger partial charge in [-0.3, -0.25) is 14.2 Å². The summed E-state index contributed by atoms with van der Waals surface area (Å²) in [5.41, 5.74) is 9.39. The van der Waals surface area contributed by atoms with Crippen LogP contribution >= 0.6 is 0 Å². The number of benzene rings is 2. The fourth-order valence-corrected chi connectivity index (χ4v) is 7.00. The fraction of sp³-hybridized carbons (Fsp3) is 0.333. The molecule has 0 saturated heterocycles. The van der Waals surface area contributed by atoms with E-state index in [4.69, 9.17) is 10.3 Å². The molecule has 8 aromatic rings. The van der Waals surface area contributed by atoms with Crippen molar-refractivity contribution in [2.75, 3.05) is 24.0 Å². The van der Waals surface area contributed by atoms with Crippen molar-refractivity contribution in [2.45, 2.75) is 69.7 Å². The van der Waals surface area contributed by atoms with E-state index in [-0.39, 0.29) is 123 Å². The van der Waals surface area contributed by atoms with Crippen molar-refractivity contribution in [1.82, 2.24) is 69.7 Å². The van der Waals surface area contributed by atoms with E-state index in [0.717, 1.165) is 35.2 Å². The maximum absolute atomic E-state index is 15.0. The summed E-state index contributed by atoms with van der Waals surface area (Å²) in [4.78, 5) is 55.2. The van der Waals surface area contributed by atoms with Crippen LogP contribution in [0.2, 0.25) is 0 Å². The molecule has 0 amide bonds. The van der Waals surface area contributed by atoms with Gasteiger partial charge in [0.05, 0.1) is 45.7 Å². The molecule has 6 heterocycles. The van der Waals surface area contributed by atoms with E-state index in [0.29, 0.717) is 41.4 Å². The van der Waals surface area contributed by atoms with Crippen LogP contribution in [0.5, 0.6) is 0 Å². The van der Waals surface area contributed by atoms with E-state index < -0.39 is 35.8 Å². The Morgan fingerprint density at radius 2 is 1.22 bits per heavy atom. The topological polar surface area (TPSA) is 305 Å². The number of nitrogens with zero attached hydrogens (tertiary/aromatic N) is 14. The summed E-state index contributed by atoms with van der Waals surface area (Å²) in [7, 11) is 3.59. The first-order valence-electron chi connectivity index (χ1n) is 21.6. The number of halogens is 4. The van der Waals surface area contributed by atoms with Crippen LogP contribution in [0.1, 0.15) is 82.6 Å². The molecular weight excluding hydrogens is 974 g/mol. The Bertz CT molecular complexity index is 3160. The van der Waals surface area contributed by atoms with Crippen LogP contribution in [0.25, 0.3) is 22.8 Å². The maximum atomic E-state index is 15.0. The zero-order valence-corrected chi connectivity index (χ0v) is 42.7. The second kappa shape index (κ2) is 23.7. The Kier molecular flexibility index (Phi) is 18.0. The summed E-state index contributed by atoms with van der Waals surface area (Å²) in [6.07, 6.45) is 14.0. The van der Waals surface area contributed by atoms with Crippen LogP contribution in [0, 0.1) is 25.5 Å². The Balaban J connectivity index is 0.000000196. The summed E-state index contributed by atoms with van der Waals surface area (Å²) < 4.78 is 67.7. The van der Waals surface area contributed by atoms with Crippen molar-refractivity contribution < 1.29 is 93.1 Å². The molecule has 0 atom stereocenters. The van der Waals surface area contributed by atoms with Gasteiger partial charge in [-0.2, -0.15) is 31.4 Å². The molecule has 0 bridgehead atoms. The molecule has 27 heteroatoms. The second-order valence-corrected chi connectivity index (χ2v) is 16.7. The third kappa shape index (κ3) is 12.9. The molecule has 0 unspecified atom stereocenters. The molecule has 370 valence electrons. The van der Waals surface area contributed by atoms with Gasteiger partial charge in [-0.15, -0.1) is 0 Å². The van der Waals surface area contributed by atoms with E-state index in [1.807, 2.05) is 13.8 Å². The largest absolute Gasteiger partial charge is 1.00 e. The number of ketones is 1. The van der Waals surface area contributed by atoms with Crippen LogP contribution in [-0.4, -0.2) is 101 Å². The number of rotatable bonds is 16. The van der Waals surface area contributed by atoms with Crippen molar-refractivity contribution in [3.05, 3.63) is 119 Å². The van der Waals surface area contributed by atoms with E-state index in [9.17, 15) is 22.8 Å². The van der Waals surface area contributed by atoms with Gasteiger partial charge in [-0.1, -0.05) is 10.3 Å². The maximum Gasteiger partial charge on any atom is 1.00 e. The molecule has 2 aliphatic rings. The molecule has 2 aromatic carbocycles. The first-order chi connectivity index (χ1) is 33.7. The Morgan fingerprint density at radius 1 is 0.736 bits per heavy atom. The number of Topliss-reactive ketones (excluding diaryl/α,β-unsaturated/α-hetero) is 1. The van der Waals surface area contributed by atoms with Crippen molar-refractivity contribution in [2.24, 2.45) is 19.8 Å². The van der Waals surface area contributed by atoms with Crippen LogP contribution in [0.3, 0.4) is 0 Å². The number of nitrogens with two attached hydrogens (primary N) is 1. The predicted octanol–water partition coefficient (Wildman–Crippen LogP) is 2.94. The van der Waals surface area contributed by atoms with Gasteiger partial charge in [0.2, 0.25) is 17.7 Å². The van der Waals surface area contributed by atoms with E-state index in [1.54, 1.807) is 60.4 Å². The minimum atomic E-state index is -0.694. The summed E-state index contributed by atoms with van der Waals surface area (Å²) >= 11 is 0. The van der Waals surface area contributed by atoms with Crippen LogP contribution in [0.4, 0.5) is 40.8 Å². The summed E-state index contributed by atoms with van der Waals surface area (Å²) in [6.45, 7) is 2.91. The van der Waals surface area contributed by atoms with Crippen molar-refractivity contribution >= 4 is 35.3 Å². The number of aromatic nitrogens is 14. The minimum Gasteiger partial charge on any atom is -0.870 e. The third-order valence-corrected chi connectivity index (χ3v) is 11.6. The molecule has 2 fully saturated rings. The third-order valence-electron chi connectivity index (χ3n) is 11.6. The average Bonchev–Trinajstić information content (AvgIpc) is 4.02. The van der Waals surface area contributed by atoms with Crippen LogP contribution < -0.4 is 67.8 Å². The van der Waals surface area contributed by atoms with E-state index in [2.05, 4.69) is 75.5 Å². The smallest absolute Gasteiger partial charge is 0.870 e. The normalized spacial score (nSPS) is 13.5. The molecule has 6 aromatic heterocycles. The Hall–Kier alpha value is -6.62. The number of hydrogen-bond acceptors (Lipinski definition) is 20. The molecule has 5 N–H and O–H groups in total. The van der Waals surface area contributed by atoms with Gasteiger partial charge in [0.25, 0.3) is 5.89 Å². The number of hydrogen-bond donors (Lipinski definition) is 3. The molecule has 0 spiro atoms. The number of anilines is 4. The first-order valence-corrected chi connectivity index (χ1v) is 21.6. The van der Waals surface area contributed by atoms with Crippen LogP contribution in [0.15, 0.2) is 70.8 Å². The monoisotopic (exact) mass is 1020 g/mol. The first kappa shape index (κ1) is 54.7. The van der Waals surface area contributed by atoms with E-state index >= 15 is 4.39 Å². The Labute approximate surface area is 450 Å². The average molecular weight is 1020 g/mol. The number of aryl methyl sites for hydroxylation is 5. The standard InChI is InChI=1S/C23H22F2N8O2.C15H16FN7.C7H6FN2O2.K.H2O/c1-13-7-16(19-26-12-27-22(30-19)29-15-9-28-33(2)10-15)17(25)8-14(13)3-4-18(34)20-31-21(32-35-20)23(11-24)5-6-23;1-9-3-12(13(16)4-10(9)5-17)14-18-8-19-15(22-14)21-11-6-20-23(2)7-11;8-4-7(1-2-7)6-9-5(3-11)12-10-6;;/h7-10,12H,3-6,11H2,1-2H3,(H,26,27,29,30);3-4,6-8H,5,17H2,1-2H3,(H,18,19,21,22);1-2,4H2;;1H2/q;;-1;+1;/p-1. The summed E-state index contributed by atoms with van der Waals surface area (Å²) in [5, 5.41) is 21.4. The number of nitrogens with one attached hydrogen (secondary N) is 2. The zero-order chi connectivity index (χ0) is 49.6. The minimum absolute atomic E-state index is 0. The quantitative estimate of drug-likeness (QED) is 0.0542. The molecule has 10 rings (SSSR count). The van der Waals surface area contributed by atoms with Crippen LogP contribution in [-0.2, 0) is 42.7 Å². The Morgan fingerprint density at radius 3 is 1.67 bits per heavy atom. The molecule has 22 nitrogen and oxygen atoms in total. The van der Waals surface area contributed by atoms with Gasteiger partial charge < -0.3 is 35.7 Å². The fourth-order valence-electron chi connectivity index (χ4n) is 7.00. The van der Waals surface area contributed by atoms with E-state index in [1.165, 1.54) is 31.1 Å². The zero-order valence-electron chi connectivity index (χ0n) is 39.6. The molecule has 72 heavy (non-hydrogen) atoms. The number of carbonyl (C=O) groups is 1. The summed E-state index contributed by atoms with van der Waals surface area (Å²) in [5.74, 6) is -0.0930. The number of alkyl halides is 2. The SMILES string of the molecule is Cc1cc(-c2ncnc(Nc3cnn(C)c3)n2)c(F)cc1CCC(=O)c1nc(C2(CF)CC2)no1.Cc1cc(-c2ncnc(Nc3cnn(C)c3)n2)c(F)cc1CN.O=[C-]c1nc(C2(CF)CC2)no1.[K+].[OH-]. The van der Waals surface area contributed by atoms with Crippen molar-refractivity contribution in [1.29, 1.82) is 0 Å². The second-order valence-electron chi connectivity index (χ2n) is 16.7. The molecule has 2 aliphatic carbocycles. The van der Waals surface area contributed by atoms with Gasteiger partial charge in [-0.05, 0) is 92.5 Å².